The standard InChI is InChI=1S/C14H18/c1-6-9-11-14(12(4)8-3)13(5)10-7-2/h6-11H,1,3-4H2,2,5H3/b10-7-,11-9-,14-13-. The average Bonchev–Trinajstić information content (AvgIpc) is 2.18. The lowest BCUT2D eigenvalue weighted by Crippen LogP contribution is -1.85. The molecule has 14 heavy (non-hydrogen) atoms. The second-order valence-corrected chi connectivity index (χ2v) is 2.92. The molecular weight excluding hydrogens is 168 g/mol. The molecule has 0 saturated heterocycles. The molecule has 74 valence electrons. The van der Waals surface area contributed by atoms with Crippen molar-refractivity contribution in [2.24, 2.45) is 0 Å². The fourth-order valence-corrected chi connectivity index (χ4v) is 1.11. The van der Waals surface area contributed by atoms with Gasteiger partial charge in [0, 0.05) is 0 Å². The second kappa shape index (κ2) is 6.90. The third-order valence-electron chi connectivity index (χ3n) is 1.83. The van der Waals surface area contributed by atoms with Crippen molar-refractivity contribution in [2.45, 2.75) is 13.8 Å². The van der Waals surface area contributed by atoms with Crippen LogP contribution in [0.1, 0.15) is 13.8 Å². The smallest absolute Gasteiger partial charge is 0.0161 e. The van der Waals surface area contributed by atoms with Crippen molar-refractivity contribution < 1.29 is 0 Å². The summed E-state index contributed by atoms with van der Waals surface area (Å²) in [6, 6.07) is 0. The minimum absolute atomic E-state index is 0.929. The third kappa shape index (κ3) is 3.90. The first-order valence-corrected chi connectivity index (χ1v) is 4.61. The van der Waals surface area contributed by atoms with Crippen LogP contribution in [0.3, 0.4) is 0 Å². The molecule has 0 spiro atoms. The van der Waals surface area contributed by atoms with Gasteiger partial charge < -0.3 is 0 Å². The average molecular weight is 186 g/mol. The lowest BCUT2D eigenvalue weighted by Gasteiger charge is -2.04. The summed E-state index contributed by atoms with van der Waals surface area (Å²) in [5.41, 5.74) is 3.20. The molecule has 0 aromatic heterocycles. The minimum Gasteiger partial charge on any atom is -0.0991 e. The molecule has 0 aromatic carbocycles. The van der Waals surface area contributed by atoms with Gasteiger partial charge in [0.05, 0.1) is 0 Å². The molecule has 0 heteroatoms. The van der Waals surface area contributed by atoms with E-state index in [1.807, 2.05) is 25.2 Å². The van der Waals surface area contributed by atoms with Crippen LogP contribution in [0.15, 0.2) is 72.9 Å². The molecular formula is C14H18. The van der Waals surface area contributed by atoms with Gasteiger partial charge in [-0.25, -0.2) is 0 Å². The molecule has 0 N–H and O–H groups in total. The Balaban J connectivity index is 5.16. The molecule has 0 saturated carbocycles. The van der Waals surface area contributed by atoms with Crippen molar-refractivity contribution in [1.82, 2.24) is 0 Å². The van der Waals surface area contributed by atoms with E-state index >= 15 is 0 Å². The highest BCUT2D eigenvalue weighted by atomic mass is 14.0. The molecule has 0 aliphatic carbocycles. The highest BCUT2D eigenvalue weighted by Gasteiger charge is 1.97. The largest absolute Gasteiger partial charge is 0.0991 e. The molecule has 0 aromatic rings. The van der Waals surface area contributed by atoms with Gasteiger partial charge in [0.15, 0.2) is 0 Å². The molecule has 0 bridgehead atoms. The van der Waals surface area contributed by atoms with Crippen LogP contribution in [0.5, 0.6) is 0 Å². The predicted octanol–water partition coefficient (Wildman–Crippen LogP) is 4.36. The summed E-state index contributed by atoms with van der Waals surface area (Å²) in [5.74, 6) is 0. The quantitative estimate of drug-likeness (QED) is 0.559. The van der Waals surface area contributed by atoms with E-state index in [9.17, 15) is 0 Å². The van der Waals surface area contributed by atoms with E-state index in [4.69, 9.17) is 0 Å². The Labute approximate surface area is 87.3 Å². The fourth-order valence-electron chi connectivity index (χ4n) is 1.11. The van der Waals surface area contributed by atoms with E-state index in [1.165, 1.54) is 5.57 Å². The maximum atomic E-state index is 3.93. The van der Waals surface area contributed by atoms with Crippen LogP contribution in [-0.2, 0) is 0 Å². The van der Waals surface area contributed by atoms with Gasteiger partial charge in [0.1, 0.15) is 0 Å². The topological polar surface area (TPSA) is 0 Å². The second-order valence-electron chi connectivity index (χ2n) is 2.92. The molecule has 0 aliphatic rings. The van der Waals surface area contributed by atoms with Gasteiger partial charge in [-0.15, -0.1) is 0 Å². The first-order chi connectivity index (χ1) is 6.67. The number of allylic oxidation sites excluding steroid dienone is 9. The number of hydrogen-bond acceptors (Lipinski definition) is 0. The number of rotatable bonds is 5. The predicted molar refractivity (Wildman–Crippen MR) is 66.2 cm³/mol. The molecule has 0 radical (unpaired) electrons. The van der Waals surface area contributed by atoms with Crippen molar-refractivity contribution in [2.75, 3.05) is 0 Å². The summed E-state index contributed by atoms with van der Waals surface area (Å²) >= 11 is 0. The van der Waals surface area contributed by atoms with Gasteiger partial charge >= 0.3 is 0 Å². The van der Waals surface area contributed by atoms with E-state index in [1.54, 1.807) is 12.2 Å². The Bertz CT molecular complexity index is 309. The lowest BCUT2D eigenvalue weighted by molar-refractivity contribution is 1.40. The summed E-state index contributed by atoms with van der Waals surface area (Å²) in [7, 11) is 0. The van der Waals surface area contributed by atoms with E-state index in [2.05, 4.69) is 32.7 Å². The van der Waals surface area contributed by atoms with E-state index < -0.39 is 0 Å². The zero-order valence-corrected chi connectivity index (χ0v) is 9.09. The highest BCUT2D eigenvalue weighted by Crippen LogP contribution is 2.16. The number of hydrogen-bond donors (Lipinski definition) is 0. The fraction of sp³-hybridized carbons (Fsp3) is 0.143. The molecule has 0 atom stereocenters. The van der Waals surface area contributed by atoms with Crippen LogP contribution < -0.4 is 0 Å². The Hall–Kier alpha value is -1.56. The third-order valence-corrected chi connectivity index (χ3v) is 1.83. The molecule has 0 nitrogen and oxygen atoms in total. The van der Waals surface area contributed by atoms with Crippen LogP contribution >= 0.6 is 0 Å². The summed E-state index contributed by atoms with van der Waals surface area (Å²) in [4.78, 5) is 0. The molecule has 0 rings (SSSR count). The van der Waals surface area contributed by atoms with E-state index in [0.717, 1.165) is 11.1 Å². The summed E-state index contributed by atoms with van der Waals surface area (Å²) in [6.45, 7) is 15.3. The van der Waals surface area contributed by atoms with Gasteiger partial charge in [0.25, 0.3) is 0 Å². The molecule has 0 heterocycles. The Morgan fingerprint density at radius 3 is 2.21 bits per heavy atom. The molecule has 0 unspecified atom stereocenters. The Kier molecular flexibility index (Phi) is 6.13. The van der Waals surface area contributed by atoms with Crippen molar-refractivity contribution in [3.8, 4) is 0 Å². The van der Waals surface area contributed by atoms with Crippen LogP contribution in [-0.4, -0.2) is 0 Å². The van der Waals surface area contributed by atoms with Crippen LogP contribution in [0.25, 0.3) is 0 Å². The van der Waals surface area contributed by atoms with Gasteiger partial charge in [-0.1, -0.05) is 56.2 Å². The van der Waals surface area contributed by atoms with E-state index in [-0.39, 0.29) is 0 Å². The molecule has 0 amide bonds. The van der Waals surface area contributed by atoms with Crippen molar-refractivity contribution in [1.29, 1.82) is 0 Å². The SMILES string of the molecule is C=C\C=C/C(C(=C)C=C)=C(C)/C=C\C. The van der Waals surface area contributed by atoms with E-state index in [0.29, 0.717) is 0 Å². The highest BCUT2D eigenvalue weighted by molar-refractivity contribution is 5.49. The van der Waals surface area contributed by atoms with Gasteiger partial charge in [-0.2, -0.15) is 0 Å². The maximum Gasteiger partial charge on any atom is -0.0161 e. The Morgan fingerprint density at radius 2 is 1.79 bits per heavy atom. The first-order valence-electron chi connectivity index (χ1n) is 4.61. The molecule has 0 aliphatic heterocycles. The zero-order chi connectivity index (χ0) is 11.0. The summed E-state index contributed by atoms with van der Waals surface area (Å²) in [5, 5.41) is 0. The van der Waals surface area contributed by atoms with Crippen molar-refractivity contribution in [3.05, 3.63) is 72.9 Å². The monoisotopic (exact) mass is 186 g/mol. The van der Waals surface area contributed by atoms with Crippen LogP contribution in [0.4, 0.5) is 0 Å². The van der Waals surface area contributed by atoms with Gasteiger partial charge in [-0.05, 0) is 30.6 Å². The van der Waals surface area contributed by atoms with Gasteiger partial charge in [-0.3, -0.25) is 0 Å². The van der Waals surface area contributed by atoms with Gasteiger partial charge in [0.2, 0.25) is 0 Å². The van der Waals surface area contributed by atoms with Crippen molar-refractivity contribution in [3.63, 3.8) is 0 Å². The molecule has 0 fully saturated rings. The summed E-state index contributed by atoms with van der Waals surface area (Å²) in [6.07, 6.45) is 11.5. The van der Waals surface area contributed by atoms with Crippen molar-refractivity contribution >= 4 is 0 Å². The Morgan fingerprint density at radius 1 is 1.14 bits per heavy atom. The van der Waals surface area contributed by atoms with Crippen LogP contribution in [0, 0.1) is 0 Å². The minimum atomic E-state index is 0.929. The maximum absolute atomic E-state index is 3.93. The first kappa shape index (κ1) is 12.4. The lowest BCUT2D eigenvalue weighted by atomic mass is 10.0. The normalized spacial score (nSPS) is 13.0. The summed E-state index contributed by atoms with van der Waals surface area (Å²) < 4.78 is 0. The van der Waals surface area contributed by atoms with Crippen LogP contribution in [0.2, 0.25) is 0 Å². The zero-order valence-electron chi connectivity index (χ0n) is 9.09.